The lowest BCUT2D eigenvalue weighted by molar-refractivity contribution is 1.03. The van der Waals surface area contributed by atoms with Crippen molar-refractivity contribution in [3.8, 4) is 0 Å². The molecule has 0 amide bonds. The summed E-state index contributed by atoms with van der Waals surface area (Å²) in [5.74, 6) is 0.388. The van der Waals surface area contributed by atoms with Crippen LogP contribution in [0, 0.1) is 19.3 Å². The molecule has 0 saturated heterocycles. The molecule has 1 aromatic heterocycles. The third-order valence-corrected chi connectivity index (χ3v) is 2.01. The quantitative estimate of drug-likeness (QED) is 0.587. The van der Waals surface area contributed by atoms with Crippen LogP contribution in [-0.4, -0.2) is 21.6 Å². The minimum Gasteiger partial charge on any atom is -0.382 e. The molecule has 5 nitrogen and oxygen atoms in total. The summed E-state index contributed by atoms with van der Waals surface area (Å²) >= 11 is 0. The monoisotopic (exact) mass is 175 g/mol. The standard InChI is InChI=1S/C8H9N5/c1-3-4(2)12-6-5(11-3)7(9)13-8(6)10/h1-2H3,(H3,9,10,13). The minimum atomic E-state index is 0.100. The van der Waals surface area contributed by atoms with Crippen LogP contribution in [0.5, 0.6) is 0 Å². The Labute approximate surface area is 75.2 Å². The number of amidine groups is 2. The lowest BCUT2D eigenvalue weighted by Crippen LogP contribution is -2.14. The number of nitrogens with two attached hydrogens (primary N) is 1. The SMILES string of the molecule is Cc1nc2c(nc1C)C(N)=NC2=N. The van der Waals surface area contributed by atoms with Crippen molar-refractivity contribution in [2.75, 3.05) is 0 Å². The number of hydrogen-bond acceptors (Lipinski definition) is 4. The van der Waals surface area contributed by atoms with Crippen molar-refractivity contribution in [1.29, 1.82) is 5.41 Å². The van der Waals surface area contributed by atoms with Crippen molar-refractivity contribution >= 4 is 11.7 Å². The molecule has 66 valence electrons. The van der Waals surface area contributed by atoms with Gasteiger partial charge < -0.3 is 5.73 Å². The zero-order valence-electron chi connectivity index (χ0n) is 7.42. The van der Waals surface area contributed by atoms with E-state index in [1.807, 2.05) is 13.8 Å². The number of aliphatic imine (C=N–C) groups is 1. The fourth-order valence-electron chi connectivity index (χ4n) is 1.17. The molecule has 0 spiro atoms. The molecule has 1 aliphatic rings. The average Bonchev–Trinajstić information content (AvgIpc) is 2.31. The summed E-state index contributed by atoms with van der Waals surface area (Å²) in [6.07, 6.45) is 0. The molecule has 0 bridgehead atoms. The van der Waals surface area contributed by atoms with Gasteiger partial charge in [0.2, 0.25) is 0 Å². The Bertz CT molecular complexity index is 432. The Balaban J connectivity index is 2.72. The van der Waals surface area contributed by atoms with Gasteiger partial charge in [-0.3, -0.25) is 5.41 Å². The van der Waals surface area contributed by atoms with E-state index in [1.54, 1.807) is 0 Å². The Kier molecular flexibility index (Phi) is 1.42. The Morgan fingerprint density at radius 2 is 1.62 bits per heavy atom. The van der Waals surface area contributed by atoms with E-state index in [1.165, 1.54) is 0 Å². The first-order chi connectivity index (χ1) is 6.09. The van der Waals surface area contributed by atoms with Gasteiger partial charge in [-0.15, -0.1) is 0 Å². The highest BCUT2D eigenvalue weighted by Gasteiger charge is 2.22. The molecule has 1 aliphatic heterocycles. The molecular formula is C8H9N5. The highest BCUT2D eigenvalue weighted by Crippen LogP contribution is 2.14. The highest BCUT2D eigenvalue weighted by atomic mass is 15.0. The summed E-state index contributed by atoms with van der Waals surface area (Å²) in [4.78, 5) is 12.2. The van der Waals surface area contributed by atoms with Crippen molar-refractivity contribution in [3.63, 3.8) is 0 Å². The van der Waals surface area contributed by atoms with Crippen molar-refractivity contribution in [2.24, 2.45) is 10.7 Å². The molecule has 0 unspecified atom stereocenters. The number of nitrogens with one attached hydrogen (secondary N) is 1. The second-order valence-corrected chi connectivity index (χ2v) is 2.94. The molecule has 0 fully saturated rings. The second kappa shape index (κ2) is 2.35. The molecule has 5 heteroatoms. The van der Waals surface area contributed by atoms with Crippen LogP contribution in [0.1, 0.15) is 22.8 Å². The number of aromatic nitrogens is 2. The number of aryl methyl sites for hydroxylation is 2. The van der Waals surface area contributed by atoms with Crippen LogP contribution >= 0.6 is 0 Å². The van der Waals surface area contributed by atoms with Crippen molar-refractivity contribution in [3.05, 3.63) is 22.8 Å². The van der Waals surface area contributed by atoms with Crippen molar-refractivity contribution in [1.82, 2.24) is 9.97 Å². The first-order valence-corrected chi connectivity index (χ1v) is 3.88. The lowest BCUT2D eigenvalue weighted by atomic mass is 10.2. The summed E-state index contributed by atoms with van der Waals surface area (Å²) in [7, 11) is 0. The summed E-state index contributed by atoms with van der Waals surface area (Å²) < 4.78 is 0. The van der Waals surface area contributed by atoms with E-state index in [0.29, 0.717) is 11.4 Å². The molecule has 0 saturated carbocycles. The van der Waals surface area contributed by atoms with Gasteiger partial charge >= 0.3 is 0 Å². The molecule has 2 heterocycles. The zero-order chi connectivity index (χ0) is 9.59. The molecular weight excluding hydrogens is 166 g/mol. The summed E-state index contributed by atoms with van der Waals surface area (Å²) in [6, 6.07) is 0. The largest absolute Gasteiger partial charge is 0.382 e. The number of rotatable bonds is 0. The van der Waals surface area contributed by atoms with E-state index in [2.05, 4.69) is 15.0 Å². The smallest absolute Gasteiger partial charge is 0.175 e. The van der Waals surface area contributed by atoms with Gasteiger partial charge in [0, 0.05) is 0 Å². The average molecular weight is 175 g/mol. The van der Waals surface area contributed by atoms with E-state index in [4.69, 9.17) is 11.1 Å². The van der Waals surface area contributed by atoms with Crippen LogP contribution in [0.15, 0.2) is 4.99 Å². The maximum Gasteiger partial charge on any atom is 0.175 e. The van der Waals surface area contributed by atoms with Crippen LogP contribution < -0.4 is 5.73 Å². The fourth-order valence-corrected chi connectivity index (χ4v) is 1.17. The number of nitrogens with zero attached hydrogens (tertiary/aromatic N) is 3. The minimum absolute atomic E-state index is 0.100. The van der Waals surface area contributed by atoms with E-state index in [0.717, 1.165) is 11.4 Å². The topological polar surface area (TPSA) is 88.0 Å². The molecule has 3 N–H and O–H groups in total. The van der Waals surface area contributed by atoms with Crippen molar-refractivity contribution in [2.45, 2.75) is 13.8 Å². The zero-order valence-corrected chi connectivity index (χ0v) is 7.42. The number of hydrogen-bond donors (Lipinski definition) is 2. The second-order valence-electron chi connectivity index (χ2n) is 2.94. The van der Waals surface area contributed by atoms with Gasteiger partial charge in [-0.05, 0) is 13.8 Å². The molecule has 0 aromatic carbocycles. The summed E-state index contributed by atoms with van der Waals surface area (Å²) in [5, 5.41) is 7.46. The fraction of sp³-hybridized carbons (Fsp3) is 0.250. The predicted octanol–water partition coefficient (Wildman–Crippen LogP) is 0.138. The van der Waals surface area contributed by atoms with Crippen LogP contribution in [-0.2, 0) is 0 Å². The summed E-state index contributed by atoms with van der Waals surface area (Å²) in [6.45, 7) is 3.71. The van der Waals surface area contributed by atoms with E-state index in [-0.39, 0.29) is 11.7 Å². The Morgan fingerprint density at radius 3 is 2.23 bits per heavy atom. The highest BCUT2D eigenvalue weighted by molar-refractivity contribution is 6.18. The molecule has 0 radical (unpaired) electrons. The molecule has 2 rings (SSSR count). The molecule has 13 heavy (non-hydrogen) atoms. The lowest BCUT2D eigenvalue weighted by Gasteiger charge is -2.01. The summed E-state index contributed by atoms with van der Waals surface area (Å²) in [5.41, 5.74) is 8.22. The van der Waals surface area contributed by atoms with Gasteiger partial charge in [0.05, 0.1) is 11.4 Å². The van der Waals surface area contributed by atoms with E-state index in [9.17, 15) is 0 Å². The third kappa shape index (κ3) is 1.00. The Morgan fingerprint density at radius 1 is 1.08 bits per heavy atom. The molecule has 1 aromatic rings. The number of fused-ring (bicyclic) bond motifs is 1. The van der Waals surface area contributed by atoms with Gasteiger partial charge in [-0.1, -0.05) is 0 Å². The van der Waals surface area contributed by atoms with Crippen LogP contribution in [0.4, 0.5) is 0 Å². The van der Waals surface area contributed by atoms with Crippen LogP contribution in [0.2, 0.25) is 0 Å². The van der Waals surface area contributed by atoms with E-state index >= 15 is 0 Å². The first kappa shape index (κ1) is 7.85. The van der Waals surface area contributed by atoms with Crippen LogP contribution in [0.3, 0.4) is 0 Å². The maximum absolute atomic E-state index is 7.46. The van der Waals surface area contributed by atoms with Gasteiger partial charge in [0.25, 0.3) is 0 Å². The van der Waals surface area contributed by atoms with E-state index < -0.39 is 0 Å². The molecule has 0 atom stereocenters. The first-order valence-electron chi connectivity index (χ1n) is 3.88. The van der Waals surface area contributed by atoms with Gasteiger partial charge in [-0.25, -0.2) is 15.0 Å². The van der Waals surface area contributed by atoms with Gasteiger partial charge in [0.1, 0.15) is 11.4 Å². The maximum atomic E-state index is 7.46. The van der Waals surface area contributed by atoms with Gasteiger partial charge in [0.15, 0.2) is 11.7 Å². The van der Waals surface area contributed by atoms with Gasteiger partial charge in [-0.2, -0.15) is 0 Å². The third-order valence-electron chi connectivity index (χ3n) is 2.01. The molecule has 0 aliphatic carbocycles. The predicted molar refractivity (Wildman–Crippen MR) is 49.1 cm³/mol. The van der Waals surface area contributed by atoms with Crippen LogP contribution in [0.25, 0.3) is 0 Å². The normalized spacial score (nSPS) is 14.3. The Hall–Kier alpha value is -1.78. The van der Waals surface area contributed by atoms with Crippen molar-refractivity contribution < 1.29 is 0 Å².